The molecule has 182 valence electrons. The van der Waals surface area contributed by atoms with E-state index in [9.17, 15) is 15.0 Å². The van der Waals surface area contributed by atoms with Crippen molar-refractivity contribution in [1.82, 2.24) is 0 Å². The molecule has 2 aliphatic heterocycles. The molecule has 2 N–H and O–H groups in total. The van der Waals surface area contributed by atoms with Crippen LogP contribution in [-0.2, 0) is 19.9 Å². The summed E-state index contributed by atoms with van der Waals surface area (Å²) in [6.07, 6.45) is -2.84. The summed E-state index contributed by atoms with van der Waals surface area (Å²) in [7, 11) is 3.22. The molecule has 3 aromatic rings. The Labute approximate surface area is 203 Å². The summed E-state index contributed by atoms with van der Waals surface area (Å²) in [5.41, 5.74) is 1.41. The lowest BCUT2D eigenvalue weighted by molar-refractivity contribution is -0.149. The number of rotatable bonds is 8. The highest BCUT2D eigenvalue weighted by Gasteiger charge is 2.59. The van der Waals surface area contributed by atoms with Gasteiger partial charge in [0, 0.05) is 0 Å². The molecule has 2 fully saturated rings. The molecule has 0 aromatic heterocycles. The van der Waals surface area contributed by atoms with Crippen molar-refractivity contribution in [3.8, 4) is 11.5 Å². The van der Waals surface area contributed by atoms with Crippen LogP contribution < -0.4 is 9.47 Å². The van der Waals surface area contributed by atoms with Gasteiger partial charge in [0.25, 0.3) is 0 Å². The van der Waals surface area contributed by atoms with Crippen LogP contribution in [-0.4, -0.2) is 54.8 Å². The maximum atomic E-state index is 11.7. The first-order valence-electron chi connectivity index (χ1n) is 11.6. The van der Waals surface area contributed by atoms with Crippen molar-refractivity contribution >= 4 is 5.97 Å². The van der Waals surface area contributed by atoms with Crippen molar-refractivity contribution in [3.63, 3.8) is 0 Å². The standard InChI is InChI=1S/C28H28O7/c1-32-20-12-8-18(9-13-20)28(17-6-4-3-5-7-17,19-10-14-21(33-2)15-11-19)35-26-23-16-22(27(30)31)25(34-23)24(26)29/h3-15,22-26,29H,16H2,1-2H3,(H,30,31). The Morgan fingerprint density at radius 3 is 1.83 bits per heavy atom. The lowest BCUT2D eigenvalue weighted by Gasteiger charge is -2.41. The van der Waals surface area contributed by atoms with Gasteiger partial charge in [0.1, 0.15) is 29.3 Å². The fourth-order valence-electron chi connectivity index (χ4n) is 5.29. The molecule has 7 nitrogen and oxygen atoms in total. The number of carbonyl (C=O) groups is 1. The topological polar surface area (TPSA) is 94.5 Å². The van der Waals surface area contributed by atoms with Gasteiger partial charge in [-0.1, -0.05) is 54.6 Å². The summed E-state index contributed by atoms with van der Waals surface area (Å²) < 4.78 is 23.6. The molecule has 7 heteroatoms. The molecular formula is C28H28O7. The number of methoxy groups -OCH3 is 2. The van der Waals surface area contributed by atoms with Gasteiger partial charge < -0.3 is 29.2 Å². The molecule has 35 heavy (non-hydrogen) atoms. The summed E-state index contributed by atoms with van der Waals surface area (Å²) in [5, 5.41) is 20.7. The molecule has 2 bridgehead atoms. The minimum atomic E-state index is -1.11. The highest BCUT2D eigenvalue weighted by molar-refractivity contribution is 5.71. The monoisotopic (exact) mass is 476 g/mol. The van der Waals surface area contributed by atoms with Gasteiger partial charge in [-0.05, 0) is 47.4 Å². The number of hydrogen-bond acceptors (Lipinski definition) is 6. The lowest BCUT2D eigenvalue weighted by atomic mass is 9.78. The van der Waals surface area contributed by atoms with Crippen molar-refractivity contribution in [3.05, 3.63) is 95.6 Å². The number of ether oxygens (including phenoxy) is 4. The summed E-state index contributed by atoms with van der Waals surface area (Å²) in [4.78, 5) is 11.7. The smallest absolute Gasteiger partial charge is 0.309 e. The third kappa shape index (κ3) is 3.95. The second kappa shape index (κ2) is 9.34. The van der Waals surface area contributed by atoms with E-state index in [0.29, 0.717) is 11.5 Å². The van der Waals surface area contributed by atoms with Crippen LogP contribution in [0.25, 0.3) is 0 Å². The number of hydrogen-bond donors (Lipinski definition) is 2. The van der Waals surface area contributed by atoms with E-state index in [0.717, 1.165) is 16.7 Å². The van der Waals surface area contributed by atoms with Crippen LogP contribution in [0.3, 0.4) is 0 Å². The molecule has 5 unspecified atom stereocenters. The molecule has 2 aliphatic rings. The van der Waals surface area contributed by atoms with E-state index in [1.165, 1.54) is 0 Å². The first-order chi connectivity index (χ1) is 17.0. The SMILES string of the molecule is COc1ccc(C(OC2C3CC(C(=O)O)C(O3)C2O)(c2ccccc2)c2ccc(OC)cc2)cc1. The van der Waals surface area contributed by atoms with Crippen LogP contribution >= 0.6 is 0 Å². The van der Waals surface area contributed by atoms with Crippen LogP contribution in [0.4, 0.5) is 0 Å². The molecule has 0 spiro atoms. The molecule has 0 saturated carbocycles. The lowest BCUT2D eigenvalue weighted by Crippen LogP contribution is -2.49. The molecule has 5 atom stereocenters. The van der Waals surface area contributed by atoms with Gasteiger partial charge >= 0.3 is 5.97 Å². The van der Waals surface area contributed by atoms with Gasteiger partial charge in [-0.15, -0.1) is 0 Å². The Hall–Kier alpha value is -3.39. The third-order valence-electron chi connectivity index (χ3n) is 7.06. The predicted molar refractivity (Wildman–Crippen MR) is 128 cm³/mol. The highest BCUT2D eigenvalue weighted by atomic mass is 16.6. The van der Waals surface area contributed by atoms with Gasteiger partial charge in [0.05, 0.1) is 32.3 Å². The summed E-state index contributed by atoms with van der Waals surface area (Å²) in [6, 6.07) is 25.0. The van der Waals surface area contributed by atoms with Gasteiger partial charge in [0.15, 0.2) is 0 Å². The average Bonchev–Trinajstić information content (AvgIpc) is 3.47. The quantitative estimate of drug-likeness (QED) is 0.480. The number of carboxylic acids is 1. The minimum Gasteiger partial charge on any atom is -0.497 e. The maximum absolute atomic E-state index is 11.7. The number of aliphatic hydroxyl groups is 1. The minimum absolute atomic E-state index is 0.290. The molecule has 0 radical (unpaired) electrons. The Morgan fingerprint density at radius 2 is 1.37 bits per heavy atom. The van der Waals surface area contributed by atoms with Crippen molar-refractivity contribution < 1.29 is 34.0 Å². The third-order valence-corrected chi connectivity index (χ3v) is 7.06. The predicted octanol–water partition coefficient (Wildman–Crippen LogP) is 3.61. The summed E-state index contributed by atoms with van der Waals surface area (Å²) in [5.74, 6) is -0.298. The van der Waals surface area contributed by atoms with Crippen LogP contribution in [0, 0.1) is 5.92 Å². The van der Waals surface area contributed by atoms with Gasteiger partial charge in [-0.25, -0.2) is 0 Å². The number of benzene rings is 3. The van der Waals surface area contributed by atoms with Crippen LogP contribution in [0.2, 0.25) is 0 Å². The van der Waals surface area contributed by atoms with Crippen LogP contribution in [0.5, 0.6) is 11.5 Å². The average molecular weight is 477 g/mol. The largest absolute Gasteiger partial charge is 0.497 e. The second-order valence-electron chi connectivity index (χ2n) is 8.90. The van der Waals surface area contributed by atoms with Crippen molar-refractivity contribution in [2.75, 3.05) is 14.2 Å². The fraction of sp³-hybridized carbons (Fsp3) is 0.321. The van der Waals surface area contributed by atoms with Crippen molar-refractivity contribution in [2.45, 2.75) is 36.4 Å². The molecule has 5 rings (SSSR count). The van der Waals surface area contributed by atoms with Crippen LogP contribution in [0.1, 0.15) is 23.1 Å². The molecule has 0 aliphatic carbocycles. The Morgan fingerprint density at radius 1 is 0.857 bits per heavy atom. The number of carboxylic acid groups (broad SMARTS) is 1. The van der Waals surface area contributed by atoms with E-state index in [1.54, 1.807) is 14.2 Å². The number of fused-ring (bicyclic) bond motifs is 2. The van der Waals surface area contributed by atoms with Gasteiger partial charge in [0.2, 0.25) is 0 Å². The van der Waals surface area contributed by atoms with E-state index in [1.807, 2.05) is 78.9 Å². The van der Waals surface area contributed by atoms with Crippen LogP contribution in [0.15, 0.2) is 78.9 Å². The normalized spacial score (nSPS) is 25.4. The second-order valence-corrected chi connectivity index (χ2v) is 8.90. The first kappa shape index (κ1) is 23.4. The van der Waals surface area contributed by atoms with E-state index >= 15 is 0 Å². The van der Waals surface area contributed by atoms with E-state index < -0.39 is 41.9 Å². The Kier molecular flexibility index (Phi) is 6.23. The van der Waals surface area contributed by atoms with Crippen molar-refractivity contribution in [1.29, 1.82) is 0 Å². The van der Waals surface area contributed by atoms with E-state index in [2.05, 4.69) is 0 Å². The molecule has 0 amide bonds. The molecule has 2 saturated heterocycles. The fourth-order valence-corrected chi connectivity index (χ4v) is 5.29. The zero-order valence-corrected chi connectivity index (χ0v) is 19.5. The molecular weight excluding hydrogens is 448 g/mol. The molecule has 3 aromatic carbocycles. The zero-order valence-electron chi connectivity index (χ0n) is 19.5. The molecule has 2 heterocycles. The Balaban J connectivity index is 1.66. The summed E-state index contributed by atoms with van der Waals surface area (Å²) >= 11 is 0. The highest BCUT2D eigenvalue weighted by Crippen LogP contribution is 2.48. The first-order valence-corrected chi connectivity index (χ1v) is 11.6. The Bertz CT molecular complexity index is 1110. The van der Waals surface area contributed by atoms with Crippen molar-refractivity contribution in [2.24, 2.45) is 5.92 Å². The van der Waals surface area contributed by atoms with Gasteiger partial charge in [-0.3, -0.25) is 4.79 Å². The van der Waals surface area contributed by atoms with E-state index in [-0.39, 0.29) is 6.42 Å². The number of aliphatic hydroxyl groups excluding tert-OH is 1. The summed E-state index contributed by atoms with van der Waals surface area (Å²) in [6.45, 7) is 0. The van der Waals surface area contributed by atoms with Gasteiger partial charge in [-0.2, -0.15) is 0 Å². The maximum Gasteiger partial charge on any atom is 0.309 e. The van der Waals surface area contributed by atoms with E-state index in [4.69, 9.17) is 18.9 Å². The number of aliphatic carboxylic acids is 1. The zero-order chi connectivity index (χ0) is 24.6.